The number of amides is 3. The van der Waals surface area contributed by atoms with Gasteiger partial charge in [0.25, 0.3) is 0 Å². The summed E-state index contributed by atoms with van der Waals surface area (Å²) < 4.78 is 0. The number of aromatic nitrogens is 2. The molecule has 0 spiro atoms. The van der Waals surface area contributed by atoms with Crippen LogP contribution in [0.4, 0.5) is 0 Å². The summed E-state index contributed by atoms with van der Waals surface area (Å²) in [4.78, 5) is 58.4. The third kappa shape index (κ3) is 10.1. The van der Waals surface area contributed by atoms with Crippen LogP contribution in [0.25, 0.3) is 0 Å². The van der Waals surface area contributed by atoms with Gasteiger partial charge in [-0.1, -0.05) is 0 Å². The van der Waals surface area contributed by atoms with E-state index >= 15 is 0 Å². The second-order valence-electron chi connectivity index (χ2n) is 6.76. The van der Waals surface area contributed by atoms with Crippen LogP contribution in [0, 0.1) is 0 Å². The van der Waals surface area contributed by atoms with Gasteiger partial charge in [0.15, 0.2) is 5.96 Å². The number of nitrogens with two attached hydrogens (primary N) is 3. The maximum Gasteiger partial charge on any atom is 0.327 e. The van der Waals surface area contributed by atoms with E-state index in [1.807, 2.05) is 0 Å². The number of carboxylic acids is 1. The van der Waals surface area contributed by atoms with Gasteiger partial charge in [0.1, 0.15) is 12.1 Å². The van der Waals surface area contributed by atoms with Gasteiger partial charge >= 0.3 is 5.97 Å². The van der Waals surface area contributed by atoms with Crippen molar-refractivity contribution in [2.75, 3.05) is 18.8 Å². The number of rotatable bonds is 14. The highest BCUT2D eigenvalue weighted by Gasteiger charge is 2.26. The number of imidazole rings is 1. The molecular weight excluding hydrogens is 442 g/mol. The predicted molar refractivity (Wildman–Crippen MR) is 119 cm³/mol. The summed E-state index contributed by atoms with van der Waals surface area (Å²) in [5, 5.41) is 16.2. The van der Waals surface area contributed by atoms with Crippen molar-refractivity contribution < 1.29 is 24.3 Å². The van der Waals surface area contributed by atoms with Crippen LogP contribution in [0.3, 0.4) is 0 Å². The minimum atomic E-state index is -1.27. The molecule has 0 radical (unpaired) electrons. The van der Waals surface area contributed by atoms with Crippen molar-refractivity contribution >= 4 is 42.3 Å². The minimum Gasteiger partial charge on any atom is -0.480 e. The Bertz CT molecular complexity index is 798. The highest BCUT2D eigenvalue weighted by atomic mass is 32.1. The maximum absolute atomic E-state index is 12.5. The zero-order valence-corrected chi connectivity index (χ0v) is 18.2. The van der Waals surface area contributed by atoms with Gasteiger partial charge in [0.05, 0.1) is 18.9 Å². The fourth-order valence-corrected chi connectivity index (χ4v) is 2.75. The summed E-state index contributed by atoms with van der Waals surface area (Å²) in [6.07, 6.45) is 3.63. The van der Waals surface area contributed by atoms with Crippen molar-refractivity contribution in [2.45, 2.75) is 37.4 Å². The molecule has 0 saturated heterocycles. The van der Waals surface area contributed by atoms with Crippen molar-refractivity contribution in [3.05, 3.63) is 18.2 Å². The Kier molecular flexibility index (Phi) is 11.6. The second kappa shape index (κ2) is 13.9. The predicted octanol–water partition coefficient (Wildman–Crippen LogP) is -3.57. The number of aliphatic imine (C=N–C) groups is 1. The molecule has 3 amide bonds. The Labute approximate surface area is 189 Å². The molecule has 0 saturated carbocycles. The van der Waals surface area contributed by atoms with Crippen LogP contribution >= 0.6 is 12.6 Å². The third-order valence-electron chi connectivity index (χ3n) is 4.15. The summed E-state index contributed by atoms with van der Waals surface area (Å²) in [5.41, 5.74) is 17.0. The van der Waals surface area contributed by atoms with Gasteiger partial charge in [0.2, 0.25) is 17.7 Å². The van der Waals surface area contributed by atoms with Crippen molar-refractivity contribution in [3.8, 4) is 0 Å². The number of thiol groups is 1. The van der Waals surface area contributed by atoms with Crippen LogP contribution in [0.2, 0.25) is 0 Å². The summed E-state index contributed by atoms with van der Waals surface area (Å²) >= 11 is 3.89. The number of carbonyl (C=O) groups is 4. The molecule has 0 aliphatic heterocycles. The molecule has 178 valence electrons. The molecule has 14 nitrogen and oxygen atoms in total. The van der Waals surface area contributed by atoms with E-state index in [2.05, 4.69) is 43.5 Å². The summed E-state index contributed by atoms with van der Waals surface area (Å²) in [6.45, 7) is -0.224. The molecule has 0 fully saturated rings. The van der Waals surface area contributed by atoms with Gasteiger partial charge in [-0.15, -0.1) is 0 Å². The van der Waals surface area contributed by atoms with Crippen LogP contribution in [0.1, 0.15) is 18.5 Å². The summed E-state index contributed by atoms with van der Waals surface area (Å²) in [7, 11) is 0. The summed E-state index contributed by atoms with van der Waals surface area (Å²) in [6, 6.07) is -3.22. The zero-order chi connectivity index (χ0) is 24.1. The standard InChI is InChI=1S/C17H29N9O5S/c18-10(4-9-5-21-8-24-9)14(28)23-6-13(27)25-11(2-1-3-22-17(19)20)15(29)26-12(7-32)16(30)31/h5,8,10-12,32H,1-4,6-7,18H2,(H,21,24)(H,23,28)(H,25,27)(H,26,29)(H,30,31)(H4,19,20,22). The van der Waals surface area contributed by atoms with Gasteiger partial charge in [0, 0.05) is 30.6 Å². The Morgan fingerprint density at radius 1 is 1.19 bits per heavy atom. The van der Waals surface area contributed by atoms with E-state index in [1.54, 1.807) is 0 Å². The lowest BCUT2D eigenvalue weighted by Gasteiger charge is -2.21. The molecule has 3 unspecified atom stereocenters. The largest absolute Gasteiger partial charge is 0.480 e. The fraction of sp³-hybridized carbons (Fsp3) is 0.529. The van der Waals surface area contributed by atoms with E-state index in [1.165, 1.54) is 12.5 Å². The van der Waals surface area contributed by atoms with Gasteiger partial charge < -0.3 is 43.2 Å². The molecule has 0 bridgehead atoms. The average molecular weight is 472 g/mol. The maximum atomic E-state index is 12.5. The lowest BCUT2D eigenvalue weighted by molar-refractivity contribution is -0.141. The van der Waals surface area contributed by atoms with E-state index in [9.17, 15) is 19.2 Å². The number of hydrogen-bond donors (Lipinski definition) is 9. The molecule has 1 rings (SSSR count). The first-order valence-electron chi connectivity index (χ1n) is 9.63. The molecule has 1 aromatic rings. The highest BCUT2D eigenvalue weighted by Crippen LogP contribution is 2.01. The molecule has 0 aliphatic rings. The first kappa shape index (κ1) is 26.7. The van der Waals surface area contributed by atoms with Crippen LogP contribution in [-0.2, 0) is 25.6 Å². The lowest BCUT2D eigenvalue weighted by atomic mass is 10.1. The van der Waals surface area contributed by atoms with Gasteiger partial charge in [-0.2, -0.15) is 12.6 Å². The Morgan fingerprint density at radius 3 is 2.47 bits per heavy atom. The smallest absolute Gasteiger partial charge is 0.327 e. The van der Waals surface area contributed by atoms with Crippen molar-refractivity contribution in [1.29, 1.82) is 0 Å². The number of aromatic amines is 1. The van der Waals surface area contributed by atoms with Gasteiger partial charge in [-0.05, 0) is 12.8 Å². The van der Waals surface area contributed by atoms with Gasteiger partial charge in [-0.3, -0.25) is 19.4 Å². The van der Waals surface area contributed by atoms with Crippen LogP contribution in [0.15, 0.2) is 17.5 Å². The molecule has 1 aromatic heterocycles. The molecule has 15 heteroatoms. The lowest BCUT2D eigenvalue weighted by Crippen LogP contribution is -2.54. The first-order chi connectivity index (χ1) is 15.1. The van der Waals surface area contributed by atoms with E-state index in [0.717, 1.165) is 0 Å². The molecule has 0 aromatic carbocycles. The SMILES string of the molecule is NC(N)=NCCCC(NC(=O)CNC(=O)C(N)Cc1cnc[nH]1)C(=O)NC(CS)C(=O)O. The van der Waals surface area contributed by atoms with Gasteiger partial charge in [-0.25, -0.2) is 9.78 Å². The minimum absolute atomic E-state index is 0.120. The highest BCUT2D eigenvalue weighted by molar-refractivity contribution is 7.80. The van der Waals surface area contributed by atoms with E-state index in [0.29, 0.717) is 12.1 Å². The Balaban J connectivity index is 2.63. The number of hydrogen-bond acceptors (Lipinski definition) is 8. The number of carboxylic acid groups (broad SMARTS) is 1. The number of guanidine groups is 1. The normalized spacial score (nSPS) is 13.3. The third-order valence-corrected chi connectivity index (χ3v) is 4.51. The molecule has 3 atom stereocenters. The molecular formula is C17H29N9O5S. The van der Waals surface area contributed by atoms with Crippen LogP contribution in [0.5, 0.6) is 0 Å². The quantitative estimate of drug-likeness (QED) is 0.0563. The number of carbonyl (C=O) groups excluding carboxylic acids is 3. The van der Waals surface area contributed by atoms with E-state index in [-0.39, 0.29) is 31.1 Å². The zero-order valence-electron chi connectivity index (χ0n) is 17.3. The molecule has 32 heavy (non-hydrogen) atoms. The Hall–Kier alpha value is -3.33. The molecule has 11 N–H and O–H groups in total. The van der Waals surface area contributed by atoms with Crippen LogP contribution < -0.4 is 33.2 Å². The van der Waals surface area contributed by atoms with Crippen molar-refractivity contribution in [3.63, 3.8) is 0 Å². The first-order valence-corrected chi connectivity index (χ1v) is 10.3. The molecule has 0 aliphatic carbocycles. The van der Waals surface area contributed by atoms with E-state index < -0.39 is 48.4 Å². The van der Waals surface area contributed by atoms with Crippen LogP contribution in [-0.4, -0.2) is 81.7 Å². The fourth-order valence-electron chi connectivity index (χ4n) is 2.50. The molecule has 1 heterocycles. The summed E-state index contributed by atoms with van der Waals surface area (Å²) in [5.74, 6) is -3.47. The topological polar surface area (TPSA) is 244 Å². The second-order valence-corrected chi connectivity index (χ2v) is 7.12. The van der Waals surface area contributed by atoms with Crippen molar-refractivity contribution in [2.24, 2.45) is 22.2 Å². The van der Waals surface area contributed by atoms with Crippen molar-refractivity contribution in [1.82, 2.24) is 25.9 Å². The number of aliphatic carboxylic acids is 1. The average Bonchev–Trinajstić information content (AvgIpc) is 3.24. The number of nitrogens with one attached hydrogen (secondary N) is 4. The number of nitrogens with zero attached hydrogens (tertiary/aromatic N) is 2. The number of H-pyrrole nitrogens is 1. The Morgan fingerprint density at radius 2 is 1.91 bits per heavy atom. The monoisotopic (exact) mass is 471 g/mol. The van der Waals surface area contributed by atoms with E-state index in [4.69, 9.17) is 22.3 Å².